The first-order chi connectivity index (χ1) is 7.83. The Hall–Kier alpha value is -2.11. The van der Waals surface area contributed by atoms with Gasteiger partial charge in [-0.2, -0.15) is 0 Å². The summed E-state index contributed by atoms with van der Waals surface area (Å²) in [6.07, 6.45) is 0.0462. The SMILES string of the molecule is O=C1CC2(O)CC(=O)OC(O)(C#CO1)OC2=O. The van der Waals surface area contributed by atoms with Crippen LogP contribution in [-0.4, -0.2) is 39.7 Å². The number of ether oxygens (including phenoxy) is 3. The third-order valence-electron chi connectivity index (χ3n) is 2.11. The van der Waals surface area contributed by atoms with E-state index < -0.39 is 42.3 Å². The van der Waals surface area contributed by atoms with Gasteiger partial charge in [0.2, 0.25) is 0 Å². The Morgan fingerprint density at radius 1 is 1.06 bits per heavy atom. The molecule has 0 radical (unpaired) electrons. The van der Waals surface area contributed by atoms with Crippen molar-refractivity contribution < 1.29 is 38.8 Å². The maximum Gasteiger partial charge on any atom is 0.449 e. The molecule has 0 saturated carbocycles. The maximum atomic E-state index is 11.5. The fraction of sp³-hybridized carbons (Fsp3) is 0.444. The predicted molar refractivity (Wildman–Crippen MR) is 45.2 cm³/mol. The first-order valence-electron chi connectivity index (χ1n) is 4.45. The lowest BCUT2D eigenvalue weighted by Crippen LogP contribution is -2.44. The second kappa shape index (κ2) is 3.44. The summed E-state index contributed by atoms with van der Waals surface area (Å²) in [4.78, 5) is 33.8. The smallest absolute Gasteiger partial charge is 0.387 e. The molecule has 2 bridgehead atoms. The van der Waals surface area contributed by atoms with Gasteiger partial charge in [-0.15, -0.1) is 0 Å². The van der Waals surface area contributed by atoms with Crippen molar-refractivity contribution >= 4 is 17.9 Å². The second-order valence-electron chi connectivity index (χ2n) is 3.53. The van der Waals surface area contributed by atoms with Crippen LogP contribution in [0.3, 0.4) is 0 Å². The monoisotopic (exact) mass is 242 g/mol. The quantitative estimate of drug-likeness (QED) is 0.361. The molecule has 2 rings (SSSR count). The zero-order valence-corrected chi connectivity index (χ0v) is 8.26. The molecule has 0 spiro atoms. The van der Waals surface area contributed by atoms with Gasteiger partial charge in [-0.25, -0.2) is 4.79 Å². The Kier molecular flexibility index (Phi) is 2.30. The Labute approximate surface area is 94.1 Å². The Morgan fingerprint density at radius 2 is 1.71 bits per heavy atom. The number of cyclic esters (lactones) is 1. The molecule has 2 aliphatic heterocycles. The van der Waals surface area contributed by atoms with Gasteiger partial charge in [0, 0.05) is 0 Å². The number of aliphatic hydroxyl groups is 2. The van der Waals surface area contributed by atoms with Gasteiger partial charge in [0.25, 0.3) is 0 Å². The first-order valence-corrected chi connectivity index (χ1v) is 4.45. The highest BCUT2D eigenvalue weighted by molar-refractivity contribution is 5.91. The molecule has 2 N–H and O–H groups in total. The van der Waals surface area contributed by atoms with E-state index in [9.17, 15) is 24.6 Å². The lowest BCUT2D eigenvalue weighted by molar-refractivity contribution is -0.287. The fourth-order valence-corrected chi connectivity index (χ4v) is 1.35. The van der Waals surface area contributed by atoms with E-state index in [1.165, 1.54) is 0 Å². The van der Waals surface area contributed by atoms with Crippen molar-refractivity contribution in [2.45, 2.75) is 24.4 Å². The molecule has 0 aromatic rings. The molecule has 2 heterocycles. The average molecular weight is 242 g/mol. The van der Waals surface area contributed by atoms with Gasteiger partial charge in [-0.05, 0) is 0 Å². The molecule has 0 amide bonds. The molecule has 1 saturated heterocycles. The van der Waals surface area contributed by atoms with Gasteiger partial charge in [0.1, 0.15) is 6.11 Å². The number of fused-ring (bicyclic) bond motifs is 3. The lowest BCUT2D eigenvalue weighted by Gasteiger charge is -2.20. The summed E-state index contributed by atoms with van der Waals surface area (Å²) in [5.41, 5.74) is -2.44. The second-order valence-corrected chi connectivity index (χ2v) is 3.53. The normalized spacial score (nSPS) is 36.2. The van der Waals surface area contributed by atoms with Gasteiger partial charge in [-0.3, -0.25) is 9.59 Å². The molecule has 2 aliphatic rings. The van der Waals surface area contributed by atoms with Crippen LogP contribution in [0.5, 0.6) is 0 Å². The Morgan fingerprint density at radius 3 is 2.41 bits per heavy atom. The lowest BCUT2D eigenvalue weighted by atomic mass is 9.96. The Balaban J connectivity index is 2.51. The van der Waals surface area contributed by atoms with Crippen molar-refractivity contribution in [3.8, 4) is 12.0 Å². The zero-order chi connectivity index (χ0) is 12.7. The van der Waals surface area contributed by atoms with Gasteiger partial charge in [0.05, 0.1) is 18.8 Å². The average Bonchev–Trinajstić information content (AvgIpc) is 2.18. The molecule has 0 aliphatic carbocycles. The third kappa shape index (κ3) is 2.06. The van der Waals surface area contributed by atoms with Crippen molar-refractivity contribution in [2.24, 2.45) is 0 Å². The maximum absolute atomic E-state index is 11.5. The largest absolute Gasteiger partial charge is 0.449 e. The number of esters is 3. The minimum atomic E-state index is -2.86. The number of carbonyl (C=O) groups is 3. The molecular weight excluding hydrogens is 236 g/mol. The van der Waals surface area contributed by atoms with Crippen LogP contribution in [0.2, 0.25) is 0 Å². The highest BCUT2D eigenvalue weighted by Crippen LogP contribution is 2.28. The van der Waals surface area contributed by atoms with Crippen molar-refractivity contribution in [1.29, 1.82) is 0 Å². The first kappa shape index (κ1) is 11.4. The Bertz CT molecular complexity index is 471. The minimum absolute atomic E-state index is 0.828. The van der Waals surface area contributed by atoms with Crippen LogP contribution in [0, 0.1) is 12.0 Å². The highest BCUT2D eigenvalue weighted by Gasteiger charge is 2.52. The number of carbonyl (C=O) groups excluding carboxylic acids is 3. The predicted octanol–water partition coefficient (Wildman–Crippen LogP) is -2.24. The summed E-state index contributed by atoms with van der Waals surface area (Å²) in [6.45, 7) is 0. The van der Waals surface area contributed by atoms with Crippen LogP contribution in [0.4, 0.5) is 0 Å². The molecule has 2 unspecified atom stereocenters. The summed E-state index contributed by atoms with van der Waals surface area (Å²) in [5.74, 6) is -4.67. The highest BCUT2D eigenvalue weighted by atomic mass is 16.8. The van der Waals surface area contributed by atoms with Crippen molar-refractivity contribution in [2.75, 3.05) is 0 Å². The van der Waals surface area contributed by atoms with Crippen LogP contribution >= 0.6 is 0 Å². The van der Waals surface area contributed by atoms with Crippen molar-refractivity contribution in [3.05, 3.63) is 0 Å². The standard InChI is InChI=1S/C9H6O8/c10-5-3-8(13)4-6(11)16-9(14,1-2-15-5)17-7(8)12/h13-14H,3-4H2. The van der Waals surface area contributed by atoms with Gasteiger partial charge in [0.15, 0.2) is 5.60 Å². The summed E-state index contributed by atoms with van der Waals surface area (Å²) < 4.78 is 12.9. The van der Waals surface area contributed by atoms with Gasteiger partial charge < -0.3 is 24.4 Å². The molecule has 17 heavy (non-hydrogen) atoms. The number of rotatable bonds is 0. The molecular formula is C9H6O8. The van der Waals surface area contributed by atoms with Crippen LogP contribution in [0.25, 0.3) is 0 Å². The number of hydrogen-bond donors (Lipinski definition) is 2. The molecule has 0 aromatic heterocycles. The van der Waals surface area contributed by atoms with Crippen LogP contribution in [-0.2, 0) is 28.6 Å². The zero-order valence-electron chi connectivity index (χ0n) is 8.26. The molecule has 8 nitrogen and oxygen atoms in total. The van der Waals surface area contributed by atoms with Crippen molar-refractivity contribution in [1.82, 2.24) is 0 Å². The van der Waals surface area contributed by atoms with Crippen LogP contribution < -0.4 is 0 Å². The van der Waals surface area contributed by atoms with Crippen LogP contribution in [0.15, 0.2) is 0 Å². The summed E-state index contributed by atoms with van der Waals surface area (Å²) in [6, 6.07) is 0. The van der Waals surface area contributed by atoms with E-state index >= 15 is 0 Å². The molecule has 90 valence electrons. The van der Waals surface area contributed by atoms with E-state index in [0.717, 1.165) is 0 Å². The van der Waals surface area contributed by atoms with E-state index in [1.807, 2.05) is 0 Å². The molecule has 2 atom stereocenters. The van der Waals surface area contributed by atoms with Crippen molar-refractivity contribution in [3.63, 3.8) is 0 Å². The van der Waals surface area contributed by atoms with Gasteiger partial charge in [-0.1, -0.05) is 0 Å². The molecule has 8 heteroatoms. The van der Waals surface area contributed by atoms with E-state index in [4.69, 9.17) is 0 Å². The summed E-state index contributed by atoms with van der Waals surface area (Å²) >= 11 is 0. The fourth-order valence-electron chi connectivity index (χ4n) is 1.35. The summed E-state index contributed by atoms with van der Waals surface area (Å²) in [5, 5.41) is 19.3. The minimum Gasteiger partial charge on any atom is -0.387 e. The molecule has 1 fully saturated rings. The van der Waals surface area contributed by atoms with E-state index in [-0.39, 0.29) is 0 Å². The summed E-state index contributed by atoms with van der Waals surface area (Å²) in [7, 11) is 0. The van der Waals surface area contributed by atoms with Crippen LogP contribution in [0.1, 0.15) is 12.8 Å². The number of hydrogen-bond acceptors (Lipinski definition) is 8. The van der Waals surface area contributed by atoms with Gasteiger partial charge >= 0.3 is 23.9 Å². The molecule has 0 aromatic carbocycles. The third-order valence-corrected chi connectivity index (χ3v) is 2.11. The van der Waals surface area contributed by atoms with E-state index in [0.29, 0.717) is 0 Å². The topological polar surface area (TPSA) is 119 Å². The van der Waals surface area contributed by atoms with E-state index in [2.05, 4.69) is 14.2 Å². The van der Waals surface area contributed by atoms with E-state index in [1.54, 1.807) is 12.0 Å².